The monoisotopic (exact) mass is 391 g/mol. The quantitative estimate of drug-likeness (QED) is 0.193. The van der Waals surface area contributed by atoms with Crippen LogP contribution in [0.3, 0.4) is 0 Å². The van der Waals surface area contributed by atoms with Crippen molar-refractivity contribution in [2.75, 3.05) is 25.1 Å². The van der Waals surface area contributed by atoms with E-state index in [9.17, 15) is 24.0 Å². The zero-order valence-corrected chi connectivity index (χ0v) is 15.3. The minimum atomic E-state index is -1.26. The fraction of sp³-hybridized carbons (Fsp3) is 0.643. The first-order valence-electron chi connectivity index (χ1n) is 7.77. The maximum Gasteiger partial charge on any atom is 0.322 e. The zero-order valence-electron chi connectivity index (χ0n) is 14.4. The van der Waals surface area contributed by atoms with Crippen molar-refractivity contribution >= 4 is 41.4 Å². The Kier molecular flexibility index (Phi) is 11.8. The largest absolute Gasteiger partial charge is 0.480 e. The van der Waals surface area contributed by atoms with Crippen LogP contribution < -0.4 is 27.4 Å². The average molecular weight is 391 g/mol. The molecular weight excluding hydrogens is 366 g/mol. The summed E-state index contributed by atoms with van der Waals surface area (Å²) in [5.74, 6) is -3.30. The van der Waals surface area contributed by atoms with E-state index in [1.807, 2.05) is 6.26 Å². The predicted octanol–water partition coefficient (Wildman–Crippen LogP) is -2.87. The van der Waals surface area contributed by atoms with Crippen LogP contribution in [0.2, 0.25) is 0 Å². The number of thioether (sulfide) groups is 1. The smallest absolute Gasteiger partial charge is 0.322 e. The molecule has 11 nitrogen and oxygen atoms in total. The molecule has 0 aliphatic heterocycles. The highest BCUT2D eigenvalue weighted by Gasteiger charge is 2.26. The van der Waals surface area contributed by atoms with E-state index in [2.05, 4.69) is 16.0 Å². The molecule has 0 saturated carbocycles. The highest BCUT2D eigenvalue weighted by atomic mass is 32.2. The Bertz CT molecular complexity index is 530. The van der Waals surface area contributed by atoms with Crippen LogP contribution in [-0.2, 0) is 24.0 Å². The minimum absolute atomic E-state index is 0.105. The van der Waals surface area contributed by atoms with Gasteiger partial charge in [-0.3, -0.25) is 24.0 Å². The van der Waals surface area contributed by atoms with Crippen molar-refractivity contribution in [1.82, 2.24) is 16.0 Å². The van der Waals surface area contributed by atoms with Gasteiger partial charge < -0.3 is 32.5 Å². The topological polar surface area (TPSA) is 194 Å². The molecule has 0 aliphatic carbocycles. The molecule has 0 aliphatic rings. The Balaban J connectivity index is 5.04. The summed E-state index contributed by atoms with van der Waals surface area (Å²) >= 11 is 1.46. The van der Waals surface area contributed by atoms with Gasteiger partial charge in [0.25, 0.3) is 0 Å². The Morgan fingerprint density at radius 3 is 2.15 bits per heavy atom. The van der Waals surface area contributed by atoms with Gasteiger partial charge in [-0.25, -0.2) is 0 Å². The molecule has 12 heteroatoms. The van der Waals surface area contributed by atoms with Gasteiger partial charge in [0.15, 0.2) is 0 Å². The van der Waals surface area contributed by atoms with Gasteiger partial charge in [-0.15, -0.1) is 0 Å². The van der Waals surface area contributed by atoms with Gasteiger partial charge in [-0.1, -0.05) is 0 Å². The summed E-state index contributed by atoms with van der Waals surface area (Å²) in [6.07, 6.45) is 1.84. The molecule has 0 fully saturated rings. The predicted molar refractivity (Wildman–Crippen MR) is 95.0 cm³/mol. The summed E-state index contributed by atoms with van der Waals surface area (Å²) in [6, 6.07) is -2.08. The highest BCUT2D eigenvalue weighted by molar-refractivity contribution is 7.98. The number of carbonyl (C=O) groups excluding carboxylic acids is 4. The molecule has 8 N–H and O–H groups in total. The average Bonchev–Trinajstić information content (AvgIpc) is 2.59. The number of nitrogens with two attached hydrogens (primary N) is 2. The summed E-state index contributed by atoms with van der Waals surface area (Å²) in [5.41, 5.74) is 10.3. The molecule has 0 aromatic carbocycles. The van der Waals surface area contributed by atoms with Crippen LogP contribution in [0.4, 0.5) is 0 Å². The number of carboxylic acid groups (broad SMARTS) is 1. The van der Waals surface area contributed by atoms with E-state index in [1.165, 1.54) is 11.8 Å². The fourth-order valence-electron chi connectivity index (χ4n) is 1.87. The highest BCUT2D eigenvalue weighted by Crippen LogP contribution is 2.04. The summed E-state index contributed by atoms with van der Waals surface area (Å²) in [4.78, 5) is 57.4. The molecule has 0 radical (unpaired) electrons. The van der Waals surface area contributed by atoms with Crippen molar-refractivity contribution in [3.63, 3.8) is 0 Å². The molecule has 2 atom stereocenters. The maximum absolute atomic E-state index is 12.4. The number of primary amides is 1. The second-order valence-electron chi connectivity index (χ2n) is 5.28. The number of amides is 4. The maximum atomic E-state index is 12.4. The number of hydrogen-bond donors (Lipinski definition) is 6. The summed E-state index contributed by atoms with van der Waals surface area (Å²) < 4.78 is 0. The van der Waals surface area contributed by atoms with Crippen molar-refractivity contribution in [3.05, 3.63) is 0 Å². The van der Waals surface area contributed by atoms with Crippen molar-refractivity contribution in [2.45, 2.75) is 31.3 Å². The van der Waals surface area contributed by atoms with Crippen LogP contribution in [0.1, 0.15) is 19.3 Å². The van der Waals surface area contributed by atoms with Crippen molar-refractivity contribution in [3.8, 4) is 0 Å². The molecule has 0 heterocycles. The number of carboxylic acids is 1. The van der Waals surface area contributed by atoms with E-state index in [0.717, 1.165) is 0 Å². The normalized spacial score (nSPS) is 12.5. The van der Waals surface area contributed by atoms with Gasteiger partial charge in [-0.2, -0.15) is 11.8 Å². The van der Waals surface area contributed by atoms with E-state index in [4.69, 9.17) is 16.6 Å². The van der Waals surface area contributed by atoms with Crippen molar-refractivity contribution in [2.24, 2.45) is 11.5 Å². The Morgan fingerprint density at radius 2 is 1.65 bits per heavy atom. The van der Waals surface area contributed by atoms with Crippen LogP contribution in [0, 0.1) is 0 Å². The molecule has 0 saturated heterocycles. The lowest BCUT2D eigenvalue weighted by Gasteiger charge is -2.22. The van der Waals surface area contributed by atoms with Crippen LogP contribution in [0.5, 0.6) is 0 Å². The molecule has 0 spiro atoms. The number of rotatable bonds is 13. The van der Waals surface area contributed by atoms with E-state index >= 15 is 0 Å². The Morgan fingerprint density at radius 1 is 1.04 bits per heavy atom. The molecule has 0 aromatic heterocycles. The first-order valence-corrected chi connectivity index (χ1v) is 9.17. The fourth-order valence-corrected chi connectivity index (χ4v) is 2.34. The second-order valence-corrected chi connectivity index (χ2v) is 6.27. The van der Waals surface area contributed by atoms with E-state index < -0.39 is 48.2 Å². The minimum Gasteiger partial charge on any atom is -0.480 e. The lowest BCUT2D eigenvalue weighted by molar-refractivity contribution is -0.138. The first kappa shape index (κ1) is 23.7. The van der Waals surface area contributed by atoms with Gasteiger partial charge >= 0.3 is 5.97 Å². The van der Waals surface area contributed by atoms with Crippen LogP contribution in [0.25, 0.3) is 0 Å². The zero-order chi connectivity index (χ0) is 20.1. The van der Waals surface area contributed by atoms with Crippen LogP contribution in [-0.4, -0.2) is 71.9 Å². The summed E-state index contributed by atoms with van der Waals surface area (Å²) in [6.45, 7) is -0.936. The number of hydrogen-bond acceptors (Lipinski definition) is 7. The molecule has 148 valence electrons. The van der Waals surface area contributed by atoms with Crippen molar-refractivity contribution in [1.29, 1.82) is 0 Å². The molecule has 0 bridgehead atoms. The molecule has 0 rings (SSSR count). The third-order valence-electron chi connectivity index (χ3n) is 3.17. The van der Waals surface area contributed by atoms with Gasteiger partial charge in [0.05, 0.1) is 6.54 Å². The lowest BCUT2D eigenvalue weighted by Crippen LogP contribution is -2.55. The molecular formula is C14H25N5O6S. The van der Waals surface area contributed by atoms with Crippen molar-refractivity contribution < 1.29 is 29.1 Å². The molecule has 26 heavy (non-hydrogen) atoms. The van der Waals surface area contributed by atoms with Gasteiger partial charge in [0.2, 0.25) is 23.6 Å². The van der Waals surface area contributed by atoms with Gasteiger partial charge in [0, 0.05) is 6.42 Å². The number of nitrogens with one attached hydrogen (secondary N) is 3. The second kappa shape index (κ2) is 12.9. The van der Waals surface area contributed by atoms with Crippen LogP contribution >= 0.6 is 11.8 Å². The summed E-state index contributed by atoms with van der Waals surface area (Å²) in [5, 5.41) is 15.6. The van der Waals surface area contributed by atoms with E-state index in [0.29, 0.717) is 12.2 Å². The van der Waals surface area contributed by atoms with Gasteiger partial charge in [0.1, 0.15) is 18.6 Å². The standard InChI is InChI=1S/C14H25N5O6S/c1-26-5-4-9(18-11(21)6-15)14(25)19-8(2-3-10(16)20)13(24)17-7-12(22)23/h8-9H,2-7,15H2,1H3,(H2,16,20)(H,17,24)(H,18,21)(H,19,25)(H,22,23). The number of aliphatic carboxylic acids is 1. The lowest BCUT2D eigenvalue weighted by atomic mass is 10.1. The Labute approximate surface area is 155 Å². The van der Waals surface area contributed by atoms with E-state index in [-0.39, 0.29) is 19.4 Å². The molecule has 4 amide bonds. The van der Waals surface area contributed by atoms with E-state index in [1.54, 1.807) is 0 Å². The van der Waals surface area contributed by atoms with Gasteiger partial charge in [-0.05, 0) is 24.9 Å². The number of carbonyl (C=O) groups is 5. The van der Waals surface area contributed by atoms with Crippen LogP contribution in [0.15, 0.2) is 0 Å². The SMILES string of the molecule is CSCCC(NC(=O)CN)C(=O)NC(CCC(N)=O)C(=O)NCC(=O)O. The third-order valence-corrected chi connectivity index (χ3v) is 3.82. The summed E-state index contributed by atoms with van der Waals surface area (Å²) in [7, 11) is 0. The molecule has 0 aromatic rings. The first-order chi connectivity index (χ1) is 12.2. The third kappa shape index (κ3) is 10.5. The molecule has 2 unspecified atom stereocenters. The Hall–Kier alpha value is -2.34.